The average Bonchev–Trinajstić information content (AvgIpc) is 2.81. The molecule has 35 heavy (non-hydrogen) atoms. The first kappa shape index (κ1) is 24.4. The highest BCUT2D eigenvalue weighted by molar-refractivity contribution is 7.90. The Hall–Kier alpha value is -3.70. The van der Waals surface area contributed by atoms with Gasteiger partial charge in [0.05, 0.1) is 13.2 Å². The first-order chi connectivity index (χ1) is 16.6. The van der Waals surface area contributed by atoms with Gasteiger partial charge in [-0.1, -0.05) is 23.8 Å². The Morgan fingerprint density at radius 3 is 2.40 bits per heavy atom. The van der Waals surface area contributed by atoms with Crippen molar-refractivity contribution in [3.63, 3.8) is 0 Å². The van der Waals surface area contributed by atoms with Crippen LogP contribution in [0.15, 0.2) is 47.5 Å². The van der Waals surface area contributed by atoms with Crippen LogP contribution in [0.5, 0.6) is 11.6 Å². The molecule has 1 saturated heterocycles. The number of aromatic nitrogens is 2. The number of ether oxygens (including phenoxy) is 2. The van der Waals surface area contributed by atoms with Gasteiger partial charge in [0.2, 0.25) is 5.88 Å². The number of hydrogen-bond acceptors (Lipinski definition) is 9. The predicted octanol–water partition coefficient (Wildman–Crippen LogP) is 2.73. The van der Waals surface area contributed by atoms with E-state index in [1.807, 2.05) is 42.5 Å². The van der Waals surface area contributed by atoms with Crippen LogP contribution in [0, 0.1) is 20.8 Å². The molecule has 3 N–H and O–H groups in total. The van der Waals surface area contributed by atoms with Crippen molar-refractivity contribution in [3.05, 3.63) is 64.7 Å². The number of rotatable bonds is 6. The van der Waals surface area contributed by atoms with E-state index in [1.54, 1.807) is 6.07 Å². The Kier molecular flexibility index (Phi) is 6.90. The minimum absolute atomic E-state index is 0.00252. The molecule has 1 aromatic carbocycles. The molecular formula is C24H27N5O5S. The van der Waals surface area contributed by atoms with Crippen molar-refractivity contribution >= 4 is 27.6 Å². The standard InChI is InChI=1S/C24H27N5O5S/c1-15-13-16(2)22(17(3)14-15)34-24-18(7-8-20(27-24)29-9-11-33-12-10-29)23(30)28-35(31,32)21-6-4-5-19(25)26-21/h4-8,13-14H,9-12H2,1-3H3,(H2,25,26)(H,28,30). The summed E-state index contributed by atoms with van der Waals surface area (Å²) in [6.07, 6.45) is 0. The fourth-order valence-corrected chi connectivity index (χ4v) is 4.83. The fourth-order valence-electron chi connectivity index (χ4n) is 3.88. The number of nitrogens with two attached hydrogens (primary N) is 1. The number of morpholine rings is 1. The topological polar surface area (TPSA) is 137 Å². The maximum atomic E-state index is 13.1. The molecule has 1 fully saturated rings. The van der Waals surface area contributed by atoms with E-state index in [2.05, 4.69) is 9.97 Å². The van der Waals surface area contributed by atoms with Crippen LogP contribution in [0.1, 0.15) is 27.0 Å². The molecule has 0 atom stereocenters. The van der Waals surface area contributed by atoms with Gasteiger partial charge in [0, 0.05) is 13.1 Å². The van der Waals surface area contributed by atoms with Gasteiger partial charge in [0.1, 0.15) is 22.9 Å². The Bertz CT molecular complexity index is 1350. The van der Waals surface area contributed by atoms with Gasteiger partial charge in [-0.25, -0.2) is 9.71 Å². The van der Waals surface area contributed by atoms with Gasteiger partial charge in [-0.05, 0) is 56.2 Å². The quantitative estimate of drug-likeness (QED) is 0.526. The highest BCUT2D eigenvalue weighted by atomic mass is 32.2. The second kappa shape index (κ2) is 9.88. The van der Waals surface area contributed by atoms with E-state index >= 15 is 0 Å². The van der Waals surface area contributed by atoms with E-state index in [0.717, 1.165) is 16.7 Å². The smallest absolute Gasteiger partial charge is 0.281 e. The van der Waals surface area contributed by atoms with Gasteiger partial charge in [-0.3, -0.25) is 4.79 Å². The number of carbonyl (C=O) groups is 1. The van der Waals surface area contributed by atoms with E-state index in [0.29, 0.717) is 37.9 Å². The largest absolute Gasteiger partial charge is 0.438 e. The molecule has 3 aromatic rings. The van der Waals surface area contributed by atoms with Crippen molar-refractivity contribution < 1.29 is 22.7 Å². The van der Waals surface area contributed by atoms with Crippen LogP contribution in [-0.4, -0.2) is 50.6 Å². The van der Waals surface area contributed by atoms with Crippen LogP contribution >= 0.6 is 0 Å². The molecule has 184 valence electrons. The molecule has 10 nitrogen and oxygen atoms in total. The number of sulfonamides is 1. The van der Waals surface area contributed by atoms with Crippen LogP contribution in [0.3, 0.4) is 0 Å². The van der Waals surface area contributed by atoms with Crippen molar-refractivity contribution in [3.8, 4) is 11.6 Å². The number of benzene rings is 1. The zero-order chi connectivity index (χ0) is 25.2. The van der Waals surface area contributed by atoms with Crippen molar-refractivity contribution in [2.75, 3.05) is 36.9 Å². The summed E-state index contributed by atoms with van der Waals surface area (Å²) in [6.45, 7) is 8.17. The lowest BCUT2D eigenvalue weighted by molar-refractivity contribution is 0.0978. The van der Waals surface area contributed by atoms with Crippen LogP contribution in [0.25, 0.3) is 0 Å². The summed E-state index contributed by atoms with van der Waals surface area (Å²) in [5, 5.41) is -0.364. The SMILES string of the molecule is Cc1cc(C)c(Oc2nc(N3CCOCC3)ccc2C(=O)NS(=O)(=O)c2cccc(N)n2)c(C)c1. The van der Waals surface area contributed by atoms with Gasteiger partial charge in [-0.15, -0.1) is 0 Å². The lowest BCUT2D eigenvalue weighted by Gasteiger charge is -2.28. The van der Waals surface area contributed by atoms with Gasteiger partial charge >= 0.3 is 0 Å². The summed E-state index contributed by atoms with van der Waals surface area (Å²) in [4.78, 5) is 23.5. The number of anilines is 2. The highest BCUT2D eigenvalue weighted by Gasteiger charge is 2.25. The number of nitrogens with zero attached hydrogens (tertiary/aromatic N) is 3. The second-order valence-electron chi connectivity index (χ2n) is 8.29. The molecule has 1 aliphatic rings. The molecule has 0 aliphatic carbocycles. The lowest BCUT2D eigenvalue weighted by Crippen LogP contribution is -2.37. The number of nitrogens with one attached hydrogen (secondary N) is 1. The zero-order valence-corrected chi connectivity index (χ0v) is 20.6. The third-order valence-corrected chi connectivity index (χ3v) is 6.71. The molecule has 11 heteroatoms. The molecule has 0 saturated carbocycles. The van der Waals surface area contributed by atoms with Crippen LogP contribution in [0.2, 0.25) is 0 Å². The second-order valence-corrected chi connectivity index (χ2v) is 9.92. The molecule has 0 unspecified atom stereocenters. The minimum Gasteiger partial charge on any atom is -0.438 e. The fraction of sp³-hybridized carbons (Fsp3) is 0.292. The molecular weight excluding hydrogens is 470 g/mol. The number of nitrogen functional groups attached to an aromatic ring is 1. The van der Waals surface area contributed by atoms with E-state index in [1.165, 1.54) is 24.3 Å². The lowest BCUT2D eigenvalue weighted by atomic mass is 10.1. The van der Waals surface area contributed by atoms with Crippen LogP contribution in [-0.2, 0) is 14.8 Å². The number of amides is 1. The highest BCUT2D eigenvalue weighted by Crippen LogP contribution is 2.32. The molecule has 1 aliphatic heterocycles. The van der Waals surface area contributed by atoms with Crippen LogP contribution in [0.4, 0.5) is 11.6 Å². The van der Waals surface area contributed by atoms with Crippen molar-refractivity contribution in [2.24, 2.45) is 0 Å². The predicted molar refractivity (Wildman–Crippen MR) is 131 cm³/mol. The summed E-state index contributed by atoms with van der Waals surface area (Å²) in [6, 6.07) is 11.2. The molecule has 4 rings (SSSR count). The normalized spacial score (nSPS) is 14.0. The minimum atomic E-state index is -4.27. The molecule has 2 aromatic heterocycles. The number of aryl methyl sites for hydroxylation is 3. The monoisotopic (exact) mass is 497 g/mol. The Balaban J connectivity index is 1.72. The number of carbonyl (C=O) groups excluding carboxylic acids is 1. The molecule has 0 radical (unpaired) electrons. The summed E-state index contributed by atoms with van der Waals surface area (Å²) in [7, 11) is -4.27. The van der Waals surface area contributed by atoms with Gasteiger partial charge < -0.3 is 20.1 Å². The molecule has 0 spiro atoms. The first-order valence-corrected chi connectivity index (χ1v) is 12.5. The van der Waals surface area contributed by atoms with Gasteiger partial charge in [0.15, 0.2) is 5.03 Å². The Labute approximate surface area is 204 Å². The summed E-state index contributed by atoms with van der Waals surface area (Å²) >= 11 is 0. The average molecular weight is 498 g/mol. The van der Waals surface area contributed by atoms with Crippen molar-refractivity contribution in [1.29, 1.82) is 0 Å². The van der Waals surface area contributed by atoms with Crippen LogP contribution < -0.4 is 20.1 Å². The maximum absolute atomic E-state index is 13.1. The van der Waals surface area contributed by atoms with Crippen molar-refractivity contribution in [2.45, 2.75) is 25.8 Å². The zero-order valence-electron chi connectivity index (χ0n) is 19.7. The molecule has 3 heterocycles. The van der Waals surface area contributed by atoms with E-state index in [4.69, 9.17) is 15.2 Å². The van der Waals surface area contributed by atoms with Gasteiger partial charge in [-0.2, -0.15) is 13.4 Å². The summed E-state index contributed by atoms with van der Waals surface area (Å²) < 4.78 is 39.1. The van der Waals surface area contributed by atoms with E-state index in [-0.39, 0.29) is 22.3 Å². The number of hydrogen-bond donors (Lipinski definition) is 2. The Morgan fingerprint density at radius 1 is 1.06 bits per heavy atom. The van der Waals surface area contributed by atoms with Gasteiger partial charge in [0.25, 0.3) is 15.9 Å². The maximum Gasteiger partial charge on any atom is 0.281 e. The first-order valence-electron chi connectivity index (χ1n) is 11.0. The molecule has 0 bridgehead atoms. The third kappa shape index (κ3) is 5.52. The summed E-state index contributed by atoms with van der Waals surface area (Å²) in [5.74, 6) is 0.274. The van der Waals surface area contributed by atoms with E-state index < -0.39 is 15.9 Å². The Morgan fingerprint density at radius 2 is 1.74 bits per heavy atom. The number of pyridine rings is 2. The summed E-state index contributed by atoms with van der Waals surface area (Å²) in [5.41, 5.74) is 8.37. The molecule has 1 amide bonds. The third-order valence-electron chi connectivity index (χ3n) is 5.48. The van der Waals surface area contributed by atoms with E-state index in [9.17, 15) is 13.2 Å². The van der Waals surface area contributed by atoms with Crippen molar-refractivity contribution in [1.82, 2.24) is 14.7 Å².